The van der Waals surface area contributed by atoms with Crippen molar-refractivity contribution in [2.45, 2.75) is 26.3 Å². The highest BCUT2D eigenvalue weighted by molar-refractivity contribution is 5.76. The van der Waals surface area contributed by atoms with E-state index in [-0.39, 0.29) is 11.8 Å². The largest absolute Gasteiger partial charge is 0.496 e. The number of rotatable bonds is 5. The summed E-state index contributed by atoms with van der Waals surface area (Å²) in [7, 11) is 3.50. The van der Waals surface area contributed by atoms with E-state index in [9.17, 15) is 4.79 Å². The molecule has 0 bridgehead atoms. The zero-order chi connectivity index (χ0) is 12.1. The predicted molar refractivity (Wildman–Crippen MR) is 64.8 cm³/mol. The number of nitrogens with one attached hydrogen (secondary N) is 1. The Morgan fingerprint density at radius 1 is 1.50 bits per heavy atom. The lowest BCUT2D eigenvalue weighted by molar-refractivity contribution is -0.117. The van der Waals surface area contributed by atoms with Gasteiger partial charge in [0.25, 0.3) is 0 Å². The van der Waals surface area contributed by atoms with Crippen LogP contribution in [0.2, 0.25) is 0 Å². The average molecular weight is 221 g/mol. The molecule has 16 heavy (non-hydrogen) atoms. The second-order valence-corrected chi connectivity index (χ2v) is 3.99. The Bertz CT molecular complexity index is 374. The van der Waals surface area contributed by atoms with Crippen molar-refractivity contribution in [2.24, 2.45) is 0 Å². The Hall–Kier alpha value is -1.35. The molecule has 0 saturated carbocycles. The number of Topliss-reactive ketones (excluding diaryl/α,β-unsaturated/α-hetero) is 1. The summed E-state index contributed by atoms with van der Waals surface area (Å²) in [6.07, 6.45) is 0.482. The molecule has 1 atom stereocenters. The van der Waals surface area contributed by atoms with E-state index in [0.29, 0.717) is 6.42 Å². The fraction of sp³-hybridized carbons (Fsp3) is 0.462. The third kappa shape index (κ3) is 3.07. The van der Waals surface area contributed by atoms with Gasteiger partial charge in [-0.3, -0.25) is 4.79 Å². The van der Waals surface area contributed by atoms with Gasteiger partial charge in [0.2, 0.25) is 0 Å². The van der Waals surface area contributed by atoms with Crippen LogP contribution >= 0.6 is 0 Å². The zero-order valence-corrected chi connectivity index (χ0v) is 10.3. The van der Waals surface area contributed by atoms with Crippen molar-refractivity contribution in [2.75, 3.05) is 14.2 Å². The quantitative estimate of drug-likeness (QED) is 0.828. The van der Waals surface area contributed by atoms with Crippen molar-refractivity contribution in [3.63, 3.8) is 0 Å². The first-order valence-corrected chi connectivity index (χ1v) is 5.39. The van der Waals surface area contributed by atoms with Crippen molar-refractivity contribution in [3.05, 3.63) is 29.3 Å². The van der Waals surface area contributed by atoms with Gasteiger partial charge in [0.15, 0.2) is 0 Å². The van der Waals surface area contributed by atoms with Gasteiger partial charge in [0, 0.05) is 18.0 Å². The summed E-state index contributed by atoms with van der Waals surface area (Å²) in [4.78, 5) is 11.2. The molecule has 0 heterocycles. The van der Waals surface area contributed by atoms with E-state index in [4.69, 9.17) is 4.74 Å². The summed E-state index contributed by atoms with van der Waals surface area (Å²) in [5.74, 6) is 0.995. The third-order valence-electron chi connectivity index (χ3n) is 2.60. The van der Waals surface area contributed by atoms with Gasteiger partial charge in [-0.25, -0.2) is 0 Å². The Morgan fingerprint density at radius 2 is 2.19 bits per heavy atom. The molecule has 0 aliphatic rings. The number of carbonyl (C=O) groups excluding carboxylic acids is 1. The standard InChI is InChI=1S/C13H19NO2/c1-9-5-6-13(16-4)11(7-9)12(14-3)8-10(2)15/h5-7,12,14H,8H2,1-4H3. The Balaban J connectivity index is 3.06. The third-order valence-corrected chi connectivity index (χ3v) is 2.60. The molecule has 1 aromatic carbocycles. The van der Waals surface area contributed by atoms with Crippen LogP contribution in [0.1, 0.15) is 30.5 Å². The lowest BCUT2D eigenvalue weighted by atomic mass is 9.99. The van der Waals surface area contributed by atoms with Gasteiger partial charge in [-0.2, -0.15) is 0 Å². The zero-order valence-electron chi connectivity index (χ0n) is 10.3. The van der Waals surface area contributed by atoms with E-state index in [1.807, 2.05) is 26.1 Å². The molecule has 0 spiro atoms. The first kappa shape index (κ1) is 12.7. The van der Waals surface area contributed by atoms with Crippen molar-refractivity contribution < 1.29 is 9.53 Å². The molecule has 1 aromatic rings. The average Bonchev–Trinajstić information content (AvgIpc) is 2.25. The number of methoxy groups -OCH3 is 1. The van der Waals surface area contributed by atoms with Crippen molar-refractivity contribution in [3.8, 4) is 5.75 Å². The van der Waals surface area contributed by atoms with Crippen LogP contribution in [0.25, 0.3) is 0 Å². The van der Waals surface area contributed by atoms with Crippen molar-refractivity contribution in [1.82, 2.24) is 5.32 Å². The molecular formula is C13H19NO2. The highest BCUT2D eigenvalue weighted by Crippen LogP contribution is 2.28. The van der Waals surface area contributed by atoms with Crippen molar-refractivity contribution in [1.29, 1.82) is 0 Å². The SMILES string of the molecule is CNC(CC(C)=O)c1cc(C)ccc1OC. The monoisotopic (exact) mass is 221 g/mol. The van der Waals surface area contributed by atoms with Crippen LogP contribution in [0.5, 0.6) is 5.75 Å². The van der Waals surface area contributed by atoms with Crippen LogP contribution in [0.3, 0.4) is 0 Å². The van der Waals surface area contributed by atoms with E-state index in [1.165, 1.54) is 5.56 Å². The maximum absolute atomic E-state index is 11.2. The van der Waals surface area contributed by atoms with Crippen LogP contribution in [-0.4, -0.2) is 19.9 Å². The number of ether oxygens (including phenoxy) is 1. The summed E-state index contributed by atoms with van der Waals surface area (Å²) in [5, 5.41) is 3.15. The second-order valence-electron chi connectivity index (χ2n) is 3.99. The van der Waals surface area contributed by atoms with Gasteiger partial charge < -0.3 is 10.1 Å². The summed E-state index contributed by atoms with van der Waals surface area (Å²) >= 11 is 0. The molecule has 1 rings (SSSR count). The summed E-state index contributed by atoms with van der Waals surface area (Å²) < 4.78 is 5.31. The molecule has 0 amide bonds. The van der Waals surface area contributed by atoms with E-state index in [2.05, 4.69) is 11.4 Å². The van der Waals surface area contributed by atoms with Gasteiger partial charge in [0.05, 0.1) is 7.11 Å². The van der Waals surface area contributed by atoms with Crippen LogP contribution in [-0.2, 0) is 4.79 Å². The topological polar surface area (TPSA) is 38.3 Å². The molecule has 1 unspecified atom stereocenters. The number of hydrogen-bond donors (Lipinski definition) is 1. The Morgan fingerprint density at radius 3 is 2.69 bits per heavy atom. The number of aryl methyl sites for hydroxylation is 1. The van der Waals surface area contributed by atoms with E-state index in [1.54, 1.807) is 14.0 Å². The number of hydrogen-bond acceptors (Lipinski definition) is 3. The predicted octanol–water partition coefficient (Wildman–Crippen LogP) is 2.24. The minimum Gasteiger partial charge on any atom is -0.496 e. The molecule has 3 heteroatoms. The number of ketones is 1. The van der Waals surface area contributed by atoms with Gasteiger partial charge in [-0.05, 0) is 27.0 Å². The van der Waals surface area contributed by atoms with E-state index >= 15 is 0 Å². The summed E-state index contributed by atoms with van der Waals surface area (Å²) in [5.41, 5.74) is 2.21. The maximum Gasteiger partial charge on any atom is 0.131 e. The smallest absolute Gasteiger partial charge is 0.131 e. The summed E-state index contributed by atoms with van der Waals surface area (Å²) in [6.45, 7) is 3.63. The fourth-order valence-corrected chi connectivity index (χ4v) is 1.78. The fourth-order valence-electron chi connectivity index (χ4n) is 1.78. The van der Waals surface area contributed by atoms with Crippen LogP contribution < -0.4 is 10.1 Å². The highest BCUT2D eigenvalue weighted by Gasteiger charge is 2.16. The van der Waals surface area contributed by atoms with E-state index in [0.717, 1.165) is 11.3 Å². The lowest BCUT2D eigenvalue weighted by Gasteiger charge is -2.18. The molecular weight excluding hydrogens is 202 g/mol. The molecule has 1 N–H and O–H groups in total. The minimum absolute atomic E-state index is 0.0207. The van der Waals surface area contributed by atoms with Gasteiger partial charge in [0.1, 0.15) is 11.5 Å². The van der Waals surface area contributed by atoms with Crippen LogP contribution in [0.15, 0.2) is 18.2 Å². The van der Waals surface area contributed by atoms with E-state index < -0.39 is 0 Å². The normalized spacial score (nSPS) is 12.2. The molecule has 0 aliphatic carbocycles. The molecule has 0 aliphatic heterocycles. The summed E-state index contributed by atoms with van der Waals surface area (Å²) in [6, 6.07) is 6.02. The lowest BCUT2D eigenvalue weighted by Crippen LogP contribution is -2.19. The first-order chi connectivity index (χ1) is 7.58. The van der Waals surface area contributed by atoms with Gasteiger partial charge >= 0.3 is 0 Å². The maximum atomic E-state index is 11.2. The molecule has 0 saturated heterocycles. The van der Waals surface area contributed by atoms with Gasteiger partial charge in [-0.15, -0.1) is 0 Å². The van der Waals surface area contributed by atoms with Gasteiger partial charge in [-0.1, -0.05) is 17.7 Å². The minimum atomic E-state index is 0.0207. The number of benzene rings is 1. The molecule has 0 aromatic heterocycles. The Kier molecular flexibility index (Phi) is 4.50. The van der Waals surface area contributed by atoms with Crippen LogP contribution in [0, 0.1) is 6.92 Å². The highest BCUT2D eigenvalue weighted by atomic mass is 16.5. The van der Waals surface area contributed by atoms with Crippen LogP contribution in [0.4, 0.5) is 0 Å². The molecule has 88 valence electrons. The van der Waals surface area contributed by atoms with Crippen molar-refractivity contribution >= 4 is 5.78 Å². The molecule has 3 nitrogen and oxygen atoms in total. The second kappa shape index (κ2) is 5.66. The Labute approximate surface area is 96.8 Å². The molecule has 0 fully saturated rings. The number of carbonyl (C=O) groups is 1. The molecule has 0 radical (unpaired) electrons. The first-order valence-electron chi connectivity index (χ1n) is 5.39.